The number of aromatic nitrogens is 2. The van der Waals surface area contributed by atoms with E-state index in [2.05, 4.69) is 69.3 Å². The zero-order chi connectivity index (χ0) is 29.6. The molecule has 1 aliphatic heterocycles. The van der Waals surface area contributed by atoms with Gasteiger partial charge in [-0.1, -0.05) is 132 Å². The quantitative estimate of drug-likeness (QED) is 0.108. The van der Waals surface area contributed by atoms with Gasteiger partial charge in [-0.3, -0.25) is 9.36 Å². The van der Waals surface area contributed by atoms with E-state index in [1.807, 2.05) is 60.7 Å². The van der Waals surface area contributed by atoms with Crippen LogP contribution in [0, 0.1) is 0 Å². The van der Waals surface area contributed by atoms with Gasteiger partial charge in [-0.2, -0.15) is 4.98 Å². The lowest BCUT2D eigenvalue weighted by Gasteiger charge is -2.37. The molecular formula is C35H30IN3O4. The van der Waals surface area contributed by atoms with Gasteiger partial charge in [-0.25, -0.2) is 4.79 Å². The van der Waals surface area contributed by atoms with E-state index in [0.29, 0.717) is 18.6 Å². The van der Waals surface area contributed by atoms with Gasteiger partial charge in [-0.05, 0) is 34.9 Å². The maximum absolute atomic E-state index is 13.0. The van der Waals surface area contributed by atoms with Crippen molar-refractivity contribution >= 4 is 34.3 Å². The van der Waals surface area contributed by atoms with Crippen LogP contribution >= 0.6 is 22.6 Å². The van der Waals surface area contributed by atoms with E-state index in [1.54, 1.807) is 36.5 Å². The van der Waals surface area contributed by atoms with Crippen LogP contribution in [0.2, 0.25) is 0 Å². The van der Waals surface area contributed by atoms with Crippen molar-refractivity contribution in [1.29, 1.82) is 0 Å². The van der Waals surface area contributed by atoms with Gasteiger partial charge in [0.05, 0.1) is 12.7 Å². The zero-order valence-electron chi connectivity index (χ0n) is 23.3. The van der Waals surface area contributed by atoms with Crippen molar-refractivity contribution in [2.75, 3.05) is 11.9 Å². The van der Waals surface area contributed by atoms with Crippen molar-refractivity contribution in [3.05, 3.63) is 166 Å². The molecule has 1 amide bonds. The highest BCUT2D eigenvalue weighted by Gasteiger charge is 2.41. The Morgan fingerprint density at radius 2 is 1.35 bits per heavy atom. The fourth-order valence-electron chi connectivity index (χ4n) is 5.47. The topological polar surface area (TPSA) is 82.5 Å². The lowest BCUT2D eigenvalue weighted by Crippen LogP contribution is -2.37. The number of carbonyl (C=O) groups is 1. The molecule has 3 atom stereocenters. The third kappa shape index (κ3) is 6.17. The highest BCUT2D eigenvalue weighted by molar-refractivity contribution is 14.1. The van der Waals surface area contributed by atoms with Crippen LogP contribution in [0.3, 0.4) is 0 Å². The molecule has 4 aromatic carbocycles. The SMILES string of the molecule is O=C(Nc1ccn([C@H]2C[C@H](I)[C@@H](COC(c3ccccc3)(c3ccccc3)c3ccccc3)O2)c(=O)n1)c1ccccc1. The number of nitrogens with one attached hydrogen (secondary N) is 1. The number of amides is 1. The smallest absolute Gasteiger partial charge is 0.351 e. The number of anilines is 1. The summed E-state index contributed by atoms with van der Waals surface area (Å²) in [6, 6.07) is 41.1. The van der Waals surface area contributed by atoms with E-state index in [4.69, 9.17) is 9.47 Å². The number of hydrogen-bond donors (Lipinski definition) is 1. The molecule has 8 heteroatoms. The van der Waals surface area contributed by atoms with E-state index in [9.17, 15) is 9.59 Å². The van der Waals surface area contributed by atoms with Crippen molar-refractivity contribution in [2.45, 2.75) is 28.3 Å². The number of hydrogen-bond acceptors (Lipinski definition) is 5. The molecule has 0 radical (unpaired) electrons. The minimum atomic E-state index is -0.863. The van der Waals surface area contributed by atoms with E-state index in [0.717, 1.165) is 16.7 Å². The Kier molecular flexibility index (Phi) is 8.78. The molecule has 5 aromatic rings. The lowest BCUT2D eigenvalue weighted by molar-refractivity contribution is -0.0758. The van der Waals surface area contributed by atoms with Crippen LogP contribution in [0.25, 0.3) is 0 Å². The first-order valence-corrected chi connectivity index (χ1v) is 15.3. The maximum Gasteiger partial charge on any atom is 0.351 e. The number of rotatable bonds is 9. The molecule has 0 unspecified atom stereocenters. The Bertz CT molecular complexity index is 1620. The number of nitrogens with zero attached hydrogens (tertiary/aromatic N) is 2. The first-order chi connectivity index (χ1) is 21.0. The van der Waals surface area contributed by atoms with Crippen LogP contribution in [0.1, 0.15) is 39.7 Å². The molecule has 216 valence electrons. The molecule has 1 aliphatic rings. The van der Waals surface area contributed by atoms with E-state index in [-0.39, 0.29) is 21.8 Å². The third-order valence-electron chi connectivity index (χ3n) is 7.58. The highest BCUT2D eigenvalue weighted by atomic mass is 127. The molecule has 0 aliphatic carbocycles. The molecule has 1 N–H and O–H groups in total. The van der Waals surface area contributed by atoms with Gasteiger partial charge in [0.1, 0.15) is 17.6 Å². The Morgan fingerprint density at radius 1 is 0.837 bits per heavy atom. The van der Waals surface area contributed by atoms with Gasteiger partial charge in [0, 0.05) is 22.1 Å². The second-order valence-electron chi connectivity index (χ2n) is 10.3. The number of halogens is 1. The molecule has 1 saturated heterocycles. The van der Waals surface area contributed by atoms with Crippen LogP contribution < -0.4 is 11.0 Å². The van der Waals surface area contributed by atoms with Crippen molar-refractivity contribution in [2.24, 2.45) is 0 Å². The molecule has 43 heavy (non-hydrogen) atoms. The summed E-state index contributed by atoms with van der Waals surface area (Å²) in [6.45, 7) is 0.302. The summed E-state index contributed by atoms with van der Waals surface area (Å²) < 4.78 is 15.0. The van der Waals surface area contributed by atoms with Crippen LogP contribution in [-0.4, -0.2) is 32.1 Å². The summed E-state index contributed by atoms with van der Waals surface area (Å²) in [5, 5.41) is 2.69. The molecular weight excluding hydrogens is 653 g/mol. The predicted octanol–water partition coefficient (Wildman–Crippen LogP) is 6.60. The summed E-state index contributed by atoms with van der Waals surface area (Å²) in [5.41, 5.74) is 2.18. The largest absolute Gasteiger partial charge is 0.358 e. The summed E-state index contributed by atoms with van der Waals surface area (Å²) in [4.78, 5) is 29.6. The minimum absolute atomic E-state index is 0.0898. The Hall–Kier alpha value is -4.12. The Balaban J connectivity index is 1.23. The van der Waals surface area contributed by atoms with Gasteiger partial charge in [0.25, 0.3) is 5.91 Å². The van der Waals surface area contributed by atoms with Crippen molar-refractivity contribution < 1.29 is 14.3 Å². The molecule has 7 nitrogen and oxygen atoms in total. The van der Waals surface area contributed by atoms with E-state index in [1.165, 1.54) is 4.57 Å². The monoisotopic (exact) mass is 683 g/mol. The van der Waals surface area contributed by atoms with Crippen LogP contribution in [0.5, 0.6) is 0 Å². The first kappa shape index (κ1) is 29.0. The predicted molar refractivity (Wildman–Crippen MR) is 174 cm³/mol. The fourth-order valence-corrected chi connectivity index (χ4v) is 6.28. The third-order valence-corrected chi connectivity index (χ3v) is 8.90. The molecule has 2 heterocycles. The first-order valence-electron chi connectivity index (χ1n) is 14.1. The molecule has 0 saturated carbocycles. The van der Waals surface area contributed by atoms with Crippen LogP contribution in [0.15, 0.2) is 138 Å². The average molecular weight is 684 g/mol. The number of carbonyl (C=O) groups excluding carboxylic acids is 1. The van der Waals surface area contributed by atoms with Gasteiger partial charge < -0.3 is 14.8 Å². The molecule has 0 spiro atoms. The van der Waals surface area contributed by atoms with Crippen molar-refractivity contribution in [1.82, 2.24) is 9.55 Å². The normalized spacial score (nSPS) is 18.3. The van der Waals surface area contributed by atoms with Gasteiger partial charge in [0.2, 0.25) is 0 Å². The molecule has 6 rings (SSSR count). The van der Waals surface area contributed by atoms with Gasteiger partial charge in [-0.15, -0.1) is 0 Å². The van der Waals surface area contributed by atoms with Crippen molar-refractivity contribution in [3.63, 3.8) is 0 Å². The summed E-state index contributed by atoms with van der Waals surface area (Å²) in [7, 11) is 0. The lowest BCUT2D eigenvalue weighted by atomic mass is 9.80. The summed E-state index contributed by atoms with van der Waals surface area (Å²) in [6.07, 6.45) is 1.45. The average Bonchev–Trinajstić information content (AvgIpc) is 3.43. The fraction of sp³-hybridized carbons (Fsp3) is 0.171. The van der Waals surface area contributed by atoms with E-state index >= 15 is 0 Å². The number of alkyl halides is 1. The Morgan fingerprint density at radius 3 is 1.86 bits per heavy atom. The van der Waals surface area contributed by atoms with Gasteiger partial charge in [0.15, 0.2) is 0 Å². The minimum Gasteiger partial charge on any atom is -0.358 e. The second kappa shape index (κ2) is 13.0. The zero-order valence-corrected chi connectivity index (χ0v) is 25.4. The van der Waals surface area contributed by atoms with Crippen LogP contribution in [-0.2, 0) is 15.1 Å². The second-order valence-corrected chi connectivity index (χ2v) is 11.9. The molecule has 1 aromatic heterocycles. The summed E-state index contributed by atoms with van der Waals surface area (Å²) in [5.74, 6) is -0.136. The molecule has 0 bridgehead atoms. The van der Waals surface area contributed by atoms with Gasteiger partial charge >= 0.3 is 5.69 Å². The summed E-state index contributed by atoms with van der Waals surface area (Å²) >= 11 is 2.37. The standard InChI is InChI=1S/C35H30IN3O4/c36-29-23-32(39-22-21-31(38-34(39)41)37-33(40)25-13-5-1-6-14-25)43-30(29)24-42-35(26-15-7-2-8-16-26,27-17-9-3-10-18-27)28-19-11-4-12-20-28/h1-22,29-30,32H,23-24H2,(H,37,38,40,41)/t29-,30+,32+/m0/s1. The maximum atomic E-state index is 13.0. The Labute approximate surface area is 263 Å². The van der Waals surface area contributed by atoms with E-state index < -0.39 is 17.5 Å². The number of benzene rings is 4. The highest BCUT2D eigenvalue weighted by Crippen LogP contribution is 2.42. The van der Waals surface area contributed by atoms with Crippen LogP contribution in [0.4, 0.5) is 5.82 Å². The number of ether oxygens (including phenoxy) is 2. The molecule has 1 fully saturated rings. The van der Waals surface area contributed by atoms with Crippen molar-refractivity contribution in [3.8, 4) is 0 Å².